The molecule has 1 N–H and O–H groups in total. The highest BCUT2D eigenvalue weighted by Crippen LogP contribution is 2.49. The van der Waals surface area contributed by atoms with E-state index in [1.54, 1.807) is 14.2 Å². The van der Waals surface area contributed by atoms with Crippen LogP contribution in [0, 0.1) is 0 Å². The molecule has 4 aromatic carbocycles. The van der Waals surface area contributed by atoms with Crippen LogP contribution in [0.1, 0.15) is 39.5 Å². The van der Waals surface area contributed by atoms with Crippen molar-refractivity contribution in [3.63, 3.8) is 0 Å². The molecule has 0 atom stereocenters. The first kappa shape index (κ1) is 21.3. The second-order valence-corrected chi connectivity index (χ2v) is 8.72. The Kier molecular flexibility index (Phi) is 5.65. The van der Waals surface area contributed by atoms with Crippen molar-refractivity contribution in [1.82, 2.24) is 0 Å². The van der Waals surface area contributed by atoms with E-state index in [0.717, 1.165) is 35.5 Å². The van der Waals surface area contributed by atoms with E-state index >= 15 is 0 Å². The highest BCUT2D eigenvalue weighted by molar-refractivity contribution is 5.57. The Morgan fingerprint density at radius 1 is 0.636 bits per heavy atom. The molecule has 0 spiro atoms. The predicted octanol–water partition coefficient (Wildman–Crippen LogP) is 5.87. The van der Waals surface area contributed by atoms with Gasteiger partial charge in [0.05, 0.1) is 14.2 Å². The van der Waals surface area contributed by atoms with Crippen molar-refractivity contribution in [2.45, 2.75) is 24.4 Å². The maximum absolute atomic E-state index is 11.3. The van der Waals surface area contributed by atoms with Crippen molar-refractivity contribution in [3.8, 4) is 11.5 Å². The molecule has 5 rings (SSSR count). The zero-order valence-electron chi connectivity index (χ0n) is 19.0. The van der Waals surface area contributed by atoms with Gasteiger partial charge in [-0.1, -0.05) is 72.8 Å². The fourth-order valence-electron chi connectivity index (χ4n) is 5.36. The zero-order chi connectivity index (χ0) is 22.8. The average molecular weight is 437 g/mol. The molecule has 4 aromatic rings. The van der Waals surface area contributed by atoms with Gasteiger partial charge in [0.15, 0.2) is 0 Å². The van der Waals surface area contributed by atoms with E-state index in [0.29, 0.717) is 0 Å². The quantitative estimate of drug-likeness (QED) is 0.411. The van der Waals surface area contributed by atoms with Crippen LogP contribution < -0.4 is 9.47 Å². The molecule has 1 aliphatic carbocycles. The van der Waals surface area contributed by atoms with Gasteiger partial charge < -0.3 is 14.6 Å². The van der Waals surface area contributed by atoms with Crippen molar-refractivity contribution in [2.75, 3.05) is 14.2 Å². The molecule has 3 heteroatoms. The van der Waals surface area contributed by atoms with Gasteiger partial charge in [-0.2, -0.15) is 0 Å². The second kappa shape index (κ2) is 8.76. The molecule has 0 aromatic heterocycles. The summed E-state index contributed by atoms with van der Waals surface area (Å²) >= 11 is 0. The number of ether oxygens (including phenoxy) is 2. The largest absolute Gasteiger partial charge is 0.497 e. The minimum Gasteiger partial charge on any atom is -0.497 e. The number of aliphatic hydroxyl groups excluding tert-OH is 1. The lowest BCUT2D eigenvalue weighted by Gasteiger charge is -2.43. The van der Waals surface area contributed by atoms with Gasteiger partial charge in [-0.15, -0.1) is 0 Å². The standard InChI is InChI=1S/C30H28O3/c1-32-23-11-7-9-21(17-23)19-30(20-22-10-8-12-24(18-22)33-2)27-15-5-3-13-25(27)29(31)26-14-4-6-16-28(26)30/h3-18,29,31H,19-20H2,1-2H3. The first-order valence-corrected chi connectivity index (χ1v) is 11.3. The number of rotatable bonds is 6. The third-order valence-electron chi connectivity index (χ3n) is 6.82. The Hall–Kier alpha value is -3.56. The highest BCUT2D eigenvalue weighted by atomic mass is 16.5. The van der Waals surface area contributed by atoms with Crippen LogP contribution in [-0.4, -0.2) is 19.3 Å². The fourth-order valence-corrected chi connectivity index (χ4v) is 5.36. The summed E-state index contributed by atoms with van der Waals surface area (Å²) < 4.78 is 11.0. The van der Waals surface area contributed by atoms with Gasteiger partial charge in [-0.05, 0) is 70.5 Å². The Labute approximate surface area is 195 Å². The summed E-state index contributed by atoms with van der Waals surface area (Å²) in [5, 5.41) is 11.3. The molecule has 0 amide bonds. The first-order chi connectivity index (χ1) is 16.1. The molecule has 33 heavy (non-hydrogen) atoms. The maximum atomic E-state index is 11.3. The molecular weight excluding hydrogens is 408 g/mol. The van der Waals surface area contributed by atoms with Gasteiger partial charge in [0.2, 0.25) is 0 Å². The molecular formula is C30H28O3. The van der Waals surface area contributed by atoms with Crippen LogP contribution in [0.3, 0.4) is 0 Å². The smallest absolute Gasteiger partial charge is 0.119 e. The molecule has 0 saturated carbocycles. The highest BCUT2D eigenvalue weighted by Gasteiger charge is 2.43. The van der Waals surface area contributed by atoms with E-state index < -0.39 is 6.10 Å². The van der Waals surface area contributed by atoms with Crippen molar-refractivity contribution < 1.29 is 14.6 Å². The van der Waals surface area contributed by atoms with Crippen molar-refractivity contribution in [1.29, 1.82) is 0 Å². The Morgan fingerprint density at radius 2 is 1.09 bits per heavy atom. The number of hydrogen-bond acceptors (Lipinski definition) is 3. The van der Waals surface area contributed by atoms with E-state index in [1.807, 2.05) is 36.4 Å². The molecule has 1 aliphatic rings. The van der Waals surface area contributed by atoms with Gasteiger partial charge >= 0.3 is 0 Å². The summed E-state index contributed by atoms with van der Waals surface area (Å²) in [7, 11) is 3.40. The van der Waals surface area contributed by atoms with E-state index in [-0.39, 0.29) is 5.41 Å². The SMILES string of the molecule is COc1cccc(CC2(Cc3cccc(OC)c3)c3ccccc3C(O)c3ccccc32)c1. The Bertz CT molecular complexity index is 1180. The van der Waals surface area contributed by atoms with Crippen LogP contribution >= 0.6 is 0 Å². The normalized spacial score (nSPS) is 14.3. The fraction of sp³-hybridized carbons (Fsp3) is 0.200. The predicted molar refractivity (Wildman–Crippen MR) is 131 cm³/mol. The number of aliphatic hydroxyl groups is 1. The Morgan fingerprint density at radius 3 is 1.55 bits per heavy atom. The van der Waals surface area contributed by atoms with Gasteiger partial charge in [0, 0.05) is 5.41 Å². The summed E-state index contributed by atoms with van der Waals surface area (Å²) in [4.78, 5) is 0. The van der Waals surface area contributed by atoms with Crippen LogP contribution in [-0.2, 0) is 18.3 Å². The number of benzene rings is 4. The van der Waals surface area contributed by atoms with Crippen LogP contribution in [0.15, 0.2) is 97.1 Å². The maximum Gasteiger partial charge on any atom is 0.119 e. The van der Waals surface area contributed by atoms with Crippen LogP contribution in [0.2, 0.25) is 0 Å². The number of hydrogen-bond donors (Lipinski definition) is 1. The summed E-state index contributed by atoms with van der Waals surface area (Å²) in [5.41, 5.74) is 6.31. The molecule has 0 fully saturated rings. The third kappa shape index (κ3) is 3.79. The number of fused-ring (bicyclic) bond motifs is 2. The van der Waals surface area contributed by atoms with E-state index in [9.17, 15) is 5.11 Å². The summed E-state index contributed by atoms with van der Waals surface area (Å²) in [5.74, 6) is 1.70. The summed E-state index contributed by atoms with van der Waals surface area (Å²) in [6.07, 6.45) is 0.922. The minimum atomic E-state index is -0.638. The van der Waals surface area contributed by atoms with Crippen LogP contribution in [0.25, 0.3) is 0 Å². The topological polar surface area (TPSA) is 38.7 Å². The third-order valence-corrected chi connectivity index (χ3v) is 6.82. The van der Waals surface area contributed by atoms with E-state index in [1.165, 1.54) is 22.3 Å². The molecule has 0 radical (unpaired) electrons. The molecule has 3 nitrogen and oxygen atoms in total. The monoisotopic (exact) mass is 436 g/mol. The van der Waals surface area contributed by atoms with Crippen molar-refractivity contribution >= 4 is 0 Å². The van der Waals surface area contributed by atoms with Gasteiger partial charge in [0.25, 0.3) is 0 Å². The molecule has 0 heterocycles. The van der Waals surface area contributed by atoms with Gasteiger partial charge in [-0.3, -0.25) is 0 Å². The molecule has 0 aliphatic heterocycles. The minimum absolute atomic E-state index is 0.356. The van der Waals surface area contributed by atoms with Gasteiger partial charge in [0.1, 0.15) is 17.6 Å². The van der Waals surface area contributed by atoms with Crippen LogP contribution in [0.5, 0.6) is 11.5 Å². The van der Waals surface area contributed by atoms with E-state index in [2.05, 4.69) is 60.7 Å². The lowest BCUT2D eigenvalue weighted by atomic mass is 9.60. The molecule has 0 unspecified atom stereocenters. The lowest BCUT2D eigenvalue weighted by molar-refractivity contribution is 0.207. The van der Waals surface area contributed by atoms with Crippen molar-refractivity contribution in [3.05, 3.63) is 130 Å². The van der Waals surface area contributed by atoms with Crippen LogP contribution in [0.4, 0.5) is 0 Å². The zero-order valence-corrected chi connectivity index (χ0v) is 19.0. The van der Waals surface area contributed by atoms with E-state index in [4.69, 9.17) is 9.47 Å². The first-order valence-electron chi connectivity index (χ1n) is 11.3. The Balaban J connectivity index is 1.75. The van der Waals surface area contributed by atoms with Crippen molar-refractivity contribution in [2.24, 2.45) is 0 Å². The average Bonchev–Trinajstić information content (AvgIpc) is 2.87. The summed E-state index contributed by atoms with van der Waals surface area (Å²) in [6.45, 7) is 0. The van der Waals surface area contributed by atoms with Gasteiger partial charge in [-0.25, -0.2) is 0 Å². The molecule has 0 bridgehead atoms. The second-order valence-electron chi connectivity index (χ2n) is 8.72. The molecule has 166 valence electrons. The molecule has 0 saturated heterocycles. The lowest BCUT2D eigenvalue weighted by Crippen LogP contribution is -2.39. The number of methoxy groups -OCH3 is 2. The summed E-state index contributed by atoms with van der Waals surface area (Å²) in [6, 6.07) is 33.2.